The van der Waals surface area contributed by atoms with Crippen LogP contribution < -0.4 is 0 Å². The maximum absolute atomic E-state index is 13.4. The second-order valence-corrected chi connectivity index (χ2v) is 10.1. The number of carbonyl (C=O) groups excluding carboxylic acids is 1. The lowest BCUT2D eigenvalue weighted by atomic mass is 9.64. The molecule has 0 radical (unpaired) electrons. The fraction of sp³-hybridized carbons (Fsp3) is 0.393. The van der Waals surface area contributed by atoms with E-state index in [9.17, 15) is 4.79 Å². The van der Waals surface area contributed by atoms with Crippen molar-refractivity contribution in [1.29, 1.82) is 0 Å². The van der Waals surface area contributed by atoms with Crippen molar-refractivity contribution in [3.63, 3.8) is 0 Å². The number of ether oxygens (including phenoxy) is 3. The average Bonchev–Trinajstić information content (AvgIpc) is 3.58. The zero-order valence-corrected chi connectivity index (χ0v) is 17.6. The Bertz CT molecular complexity index is 1270. The van der Waals surface area contributed by atoms with Crippen LogP contribution in [0.5, 0.6) is 0 Å². The SMILES string of the molecule is O=C(O[C@@H]1C2OCC(O2)C2c3c4ccccc4c(c4ccccc34)C21)[C@@H]1C[C@@H]2C=C[C@H]1C2. The predicted molar refractivity (Wildman–Crippen MR) is 120 cm³/mol. The minimum Gasteiger partial charge on any atom is -0.456 e. The monoisotopic (exact) mass is 424 g/mol. The van der Waals surface area contributed by atoms with Crippen LogP contribution in [0.15, 0.2) is 60.7 Å². The van der Waals surface area contributed by atoms with Gasteiger partial charge in [-0.05, 0) is 57.3 Å². The molecule has 3 aromatic rings. The minimum atomic E-state index is -0.480. The Hall–Kier alpha value is -2.69. The maximum Gasteiger partial charge on any atom is 0.310 e. The molecule has 32 heavy (non-hydrogen) atoms. The molecule has 2 heterocycles. The number of carbonyl (C=O) groups is 1. The van der Waals surface area contributed by atoms with Crippen LogP contribution in [0.3, 0.4) is 0 Å². The van der Waals surface area contributed by atoms with Gasteiger partial charge in [-0.1, -0.05) is 60.7 Å². The minimum absolute atomic E-state index is 0.00269. The Morgan fingerprint density at radius 2 is 1.50 bits per heavy atom. The number of fused-ring (bicyclic) bond motifs is 4. The molecule has 160 valence electrons. The lowest BCUT2D eigenvalue weighted by Gasteiger charge is -2.46. The van der Waals surface area contributed by atoms with Crippen LogP contribution in [-0.2, 0) is 19.0 Å². The number of rotatable bonds is 2. The third-order valence-corrected chi connectivity index (χ3v) is 8.66. The molecule has 4 nitrogen and oxygen atoms in total. The van der Waals surface area contributed by atoms with Crippen LogP contribution in [0.4, 0.5) is 0 Å². The molecule has 8 atom stereocenters. The summed E-state index contributed by atoms with van der Waals surface area (Å²) in [6.45, 7) is 0.553. The van der Waals surface area contributed by atoms with E-state index in [1.807, 2.05) is 0 Å². The molecule has 4 unspecified atom stereocenters. The Morgan fingerprint density at radius 3 is 2.09 bits per heavy atom. The molecule has 3 fully saturated rings. The largest absolute Gasteiger partial charge is 0.456 e. The summed E-state index contributed by atoms with van der Waals surface area (Å²) in [4.78, 5) is 13.4. The number of esters is 1. The van der Waals surface area contributed by atoms with Crippen LogP contribution in [-0.4, -0.2) is 31.1 Å². The summed E-state index contributed by atoms with van der Waals surface area (Å²) in [5.74, 6) is 0.980. The van der Waals surface area contributed by atoms with Crippen LogP contribution in [0.25, 0.3) is 21.5 Å². The summed E-state index contributed by atoms with van der Waals surface area (Å²) in [5, 5.41) is 5.12. The first-order chi connectivity index (χ1) is 15.8. The van der Waals surface area contributed by atoms with E-state index in [2.05, 4.69) is 60.7 Å². The summed E-state index contributed by atoms with van der Waals surface area (Å²) in [5.41, 5.74) is 2.62. The molecule has 4 aliphatic carbocycles. The molecule has 6 aliphatic rings. The Balaban J connectivity index is 1.30. The number of hydrogen-bond acceptors (Lipinski definition) is 4. The fourth-order valence-electron chi connectivity index (χ4n) is 7.43. The van der Waals surface area contributed by atoms with Crippen molar-refractivity contribution in [2.24, 2.45) is 17.8 Å². The van der Waals surface area contributed by atoms with Crippen molar-refractivity contribution in [3.05, 3.63) is 71.8 Å². The first-order valence-corrected chi connectivity index (χ1v) is 11.9. The van der Waals surface area contributed by atoms with Crippen molar-refractivity contribution in [2.45, 2.75) is 43.2 Å². The molecule has 9 rings (SSSR count). The van der Waals surface area contributed by atoms with Gasteiger partial charge in [0.25, 0.3) is 0 Å². The Kier molecular flexibility index (Phi) is 3.46. The second kappa shape index (κ2) is 6.21. The highest BCUT2D eigenvalue weighted by atomic mass is 16.7. The van der Waals surface area contributed by atoms with Gasteiger partial charge in [0, 0.05) is 11.8 Å². The van der Waals surface area contributed by atoms with Crippen LogP contribution in [0.1, 0.15) is 35.8 Å². The van der Waals surface area contributed by atoms with Crippen molar-refractivity contribution in [1.82, 2.24) is 0 Å². The third-order valence-electron chi connectivity index (χ3n) is 8.66. The lowest BCUT2D eigenvalue weighted by molar-refractivity contribution is -0.200. The molecule has 2 aliphatic heterocycles. The fourth-order valence-corrected chi connectivity index (χ4v) is 7.43. The standard InChI is InChI=1S/C28H24O4/c29-27(20-12-14-9-10-15(20)11-14)32-26-25-23-18-7-3-1-5-16(18)22(17-6-2-4-8-19(17)23)24(25)21-13-30-28(26)31-21/h1-10,14-15,20-21,24-26,28H,11-13H2/t14-,15+,20-,21?,24?,25?,26+,28?/m1/s1. The van der Waals surface area contributed by atoms with E-state index in [-0.39, 0.29) is 29.8 Å². The summed E-state index contributed by atoms with van der Waals surface area (Å²) in [6, 6.07) is 17.3. The quantitative estimate of drug-likeness (QED) is 0.328. The molecule has 3 aromatic carbocycles. The number of hydrogen-bond donors (Lipinski definition) is 0. The van der Waals surface area contributed by atoms with E-state index in [1.54, 1.807) is 0 Å². The summed E-state index contributed by atoms with van der Waals surface area (Å²) in [6.07, 6.45) is 5.58. The van der Waals surface area contributed by atoms with Crippen molar-refractivity contribution in [2.75, 3.05) is 6.61 Å². The topological polar surface area (TPSA) is 44.8 Å². The number of allylic oxidation sites excluding steroid dienone is 2. The van der Waals surface area contributed by atoms with Gasteiger partial charge in [-0.25, -0.2) is 0 Å². The van der Waals surface area contributed by atoms with Crippen molar-refractivity contribution >= 4 is 27.5 Å². The molecule has 0 aromatic heterocycles. The van der Waals surface area contributed by atoms with E-state index in [4.69, 9.17) is 14.2 Å². The zero-order chi connectivity index (χ0) is 21.0. The zero-order valence-electron chi connectivity index (χ0n) is 17.6. The van der Waals surface area contributed by atoms with Gasteiger partial charge in [0.2, 0.25) is 0 Å². The average molecular weight is 424 g/mol. The highest BCUT2D eigenvalue weighted by Gasteiger charge is 2.57. The van der Waals surface area contributed by atoms with Crippen LogP contribution >= 0.6 is 0 Å². The highest BCUT2D eigenvalue weighted by Crippen LogP contribution is 2.59. The van der Waals surface area contributed by atoms with E-state index in [0.29, 0.717) is 18.4 Å². The van der Waals surface area contributed by atoms with Gasteiger partial charge in [-0.2, -0.15) is 0 Å². The summed E-state index contributed by atoms with van der Waals surface area (Å²) >= 11 is 0. The molecule has 0 amide bonds. The summed E-state index contributed by atoms with van der Waals surface area (Å²) in [7, 11) is 0. The first-order valence-electron chi connectivity index (χ1n) is 11.9. The predicted octanol–water partition coefficient (Wildman–Crippen LogP) is 5.05. The Morgan fingerprint density at radius 1 is 0.844 bits per heavy atom. The van der Waals surface area contributed by atoms with Gasteiger partial charge in [0.15, 0.2) is 12.4 Å². The summed E-state index contributed by atoms with van der Waals surface area (Å²) < 4.78 is 18.8. The smallest absolute Gasteiger partial charge is 0.310 e. The third kappa shape index (κ3) is 2.17. The van der Waals surface area contributed by atoms with E-state index in [1.165, 1.54) is 32.7 Å². The molecule has 2 saturated heterocycles. The molecule has 0 spiro atoms. The molecular formula is C28H24O4. The lowest BCUT2D eigenvalue weighted by Crippen LogP contribution is -2.48. The van der Waals surface area contributed by atoms with Gasteiger partial charge in [-0.15, -0.1) is 0 Å². The normalized spacial score (nSPS) is 38.0. The Labute approximate surface area is 186 Å². The molecule has 0 N–H and O–H groups in total. The molecule has 4 heteroatoms. The van der Waals surface area contributed by atoms with Gasteiger partial charge < -0.3 is 14.2 Å². The maximum atomic E-state index is 13.4. The van der Waals surface area contributed by atoms with Crippen LogP contribution in [0.2, 0.25) is 0 Å². The van der Waals surface area contributed by atoms with Gasteiger partial charge >= 0.3 is 5.97 Å². The van der Waals surface area contributed by atoms with E-state index in [0.717, 1.165) is 12.8 Å². The van der Waals surface area contributed by atoms with Crippen LogP contribution in [0, 0.1) is 17.8 Å². The van der Waals surface area contributed by atoms with Gasteiger partial charge in [-0.3, -0.25) is 4.79 Å². The van der Waals surface area contributed by atoms with E-state index >= 15 is 0 Å². The second-order valence-electron chi connectivity index (χ2n) is 10.1. The molecule has 6 bridgehead atoms. The first kappa shape index (κ1) is 17.8. The van der Waals surface area contributed by atoms with Gasteiger partial charge in [0.05, 0.1) is 18.6 Å². The molecule has 1 saturated carbocycles. The number of benzene rings is 3. The highest BCUT2D eigenvalue weighted by molar-refractivity contribution is 6.09. The van der Waals surface area contributed by atoms with E-state index < -0.39 is 12.4 Å². The van der Waals surface area contributed by atoms with Crippen molar-refractivity contribution in [3.8, 4) is 0 Å². The van der Waals surface area contributed by atoms with Gasteiger partial charge in [0.1, 0.15) is 0 Å². The molecular weight excluding hydrogens is 400 g/mol. The van der Waals surface area contributed by atoms with Crippen molar-refractivity contribution < 1.29 is 19.0 Å².